The molecule has 1 aromatic carbocycles. The molecule has 1 aliphatic heterocycles. The molecule has 0 bridgehead atoms. The number of likely N-dealkylation sites (tertiary alicyclic amines) is 1. The zero-order chi connectivity index (χ0) is 13.1. The van der Waals surface area contributed by atoms with Gasteiger partial charge in [0.25, 0.3) is 0 Å². The van der Waals surface area contributed by atoms with E-state index in [4.69, 9.17) is 4.74 Å². The molecule has 2 N–H and O–H groups in total. The molecule has 1 saturated heterocycles. The molecule has 1 fully saturated rings. The normalized spacial score (nSPS) is 17.9. The summed E-state index contributed by atoms with van der Waals surface area (Å²) in [6, 6.07) is 3.76. The SMILES string of the molecule is COc1cc(CN2CCC(O)CC2)cc(Br)c1O. The number of aliphatic hydroxyl groups excluding tert-OH is 1. The van der Waals surface area contributed by atoms with E-state index in [0.29, 0.717) is 10.2 Å². The van der Waals surface area contributed by atoms with Gasteiger partial charge in [-0.1, -0.05) is 0 Å². The molecule has 100 valence electrons. The Balaban J connectivity index is 2.07. The topological polar surface area (TPSA) is 52.9 Å². The molecule has 0 amide bonds. The van der Waals surface area contributed by atoms with Crippen molar-refractivity contribution in [2.75, 3.05) is 20.2 Å². The molecule has 0 unspecified atom stereocenters. The number of hydrogen-bond donors (Lipinski definition) is 2. The standard InChI is InChI=1S/C13H18BrNO3/c1-18-12-7-9(6-11(14)13(12)17)8-15-4-2-10(16)3-5-15/h6-7,10,16-17H,2-5,8H2,1H3. The van der Waals surface area contributed by atoms with Gasteiger partial charge in [-0.15, -0.1) is 0 Å². The number of piperidine rings is 1. The highest BCUT2D eigenvalue weighted by Crippen LogP contribution is 2.35. The molecular formula is C13H18BrNO3. The van der Waals surface area contributed by atoms with Crippen LogP contribution < -0.4 is 4.74 Å². The molecule has 0 atom stereocenters. The Labute approximate surface area is 115 Å². The second-order valence-electron chi connectivity index (χ2n) is 4.64. The fourth-order valence-electron chi connectivity index (χ4n) is 2.21. The molecule has 0 radical (unpaired) electrons. The molecule has 0 aliphatic carbocycles. The van der Waals surface area contributed by atoms with E-state index in [1.54, 1.807) is 7.11 Å². The van der Waals surface area contributed by atoms with E-state index in [0.717, 1.165) is 38.0 Å². The Morgan fingerprint density at radius 3 is 2.67 bits per heavy atom. The van der Waals surface area contributed by atoms with Crippen LogP contribution in [0.15, 0.2) is 16.6 Å². The van der Waals surface area contributed by atoms with Gasteiger partial charge in [0.15, 0.2) is 11.5 Å². The molecule has 0 spiro atoms. The van der Waals surface area contributed by atoms with Crippen LogP contribution in [0.1, 0.15) is 18.4 Å². The number of rotatable bonds is 3. The maximum atomic E-state index is 9.74. The summed E-state index contributed by atoms with van der Waals surface area (Å²) in [7, 11) is 1.54. The van der Waals surface area contributed by atoms with Gasteiger partial charge in [-0.3, -0.25) is 4.90 Å². The van der Waals surface area contributed by atoms with Crippen LogP contribution in [0.5, 0.6) is 11.5 Å². The lowest BCUT2D eigenvalue weighted by molar-refractivity contribution is 0.0792. The van der Waals surface area contributed by atoms with Crippen molar-refractivity contribution in [2.45, 2.75) is 25.5 Å². The highest BCUT2D eigenvalue weighted by atomic mass is 79.9. The van der Waals surface area contributed by atoms with Gasteiger partial charge in [0.1, 0.15) is 0 Å². The molecule has 4 nitrogen and oxygen atoms in total. The van der Waals surface area contributed by atoms with Gasteiger partial charge in [0.05, 0.1) is 17.7 Å². The van der Waals surface area contributed by atoms with Gasteiger partial charge < -0.3 is 14.9 Å². The van der Waals surface area contributed by atoms with Crippen LogP contribution in [0.2, 0.25) is 0 Å². The van der Waals surface area contributed by atoms with Gasteiger partial charge >= 0.3 is 0 Å². The number of hydrogen-bond acceptors (Lipinski definition) is 4. The molecule has 1 aromatic rings. The summed E-state index contributed by atoms with van der Waals surface area (Å²) < 4.78 is 5.78. The predicted octanol–water partition coefficient (Wildman–Crippen LogP) is 2.12. The monoisotopic (exact) mass is 315 g/mol. The summed E-state index contributed by atoms with van der Waals surface area (Å²) in [6.45, 7) is 2.62. The van der Waals surface area contributed by atoms with E-state index >= 15 is 0 Å². The lowest BCUT2D eigenvalue weighted by Crippen LogP contribution is -2.35. The third-order valence-corrected chi connectivity index (χ3v) is 3.88. The third-order valence-electron chi connectivity index (χ3n) is 3.27. The van der Waals surface area contributed by atoms with Gasteiger partial charge in [0.2, 0.25) is 0 Å². The van der Waals surface area contributed by atoms with Crippen molar-refractivity contribution >= 4 is 15.9 Å². The van der Waals surface area contributed by atoms with Crippen LogP contribution in [0, 0.1) is 0 Å². The summed E-state index contributed by atoms with van der Waals surface area (Å²) in [6.07, 6.45) is 1.51. The Bertz CT molecular complexity index is 417. The number of aliphatic hydroxyl groups is 1. The highest BCUT2D eigenvalue weighted by molar-refractivity contribution is 9.10. The van der Waals surface area contributed by atoms with Gasteiger partial charge in [-0.25, -0.2) is 0 Å². The van der Waals surface area contributed by atoms with Gasteiger partial charge in [-0.2, -0.15) is 0 Å². The van der Waals surface area contributed by atoms with Crippen LogP contribution in [-0.4, -0.2) is 41.4 Å². The molecule has 2 rings (SSSR count). The average molecular weight is 316 g/mol. The highest BCUT2D eigenvalue weighted by Gasteiger charge is 2.18. The summed E-state index contributed by atoms with van der Waals surface area (Å²) in [5.41, 5.74) is 1.09. The first kappa shape index (κ1) is 13.6. The first-order valence-corrected chi connectivity index (χ1v) is 6.85. The maximum absolute atomic E-state index is 9.74. The minimum atomic E-state index is -0.151. The number of nitrogens with zero attached hydrogens (tertiary/aromatic N) is 1. The second-order valence-corrected chi connectivity index (χ2v) is 5.49. The van der Waals surface area contributed by atoms with E-state index in [-0.39, 0.29) is 11.9 Å². The minimum absolute atomic E-state index is 0.135. The number of aromatic hydroxyl groups is 1. The zero-order valence-electron chi connectivity index (χ0n) is 10.4. The fourth-order valence-corrected chi connectivity index (χ4v) is 2.70. The van der Waals surface area contributed by atoms with Crippen LogP contribution in [0.3, 0.4) is 0 Å². The number of phenols is 1. The van der Waals surface area contributed by atoms with E-state index in [9.17, 15) is 10.2 Å². The summed E-state index contributed by atoms with van der Waals surface area (Å²) in [5, 5.41) is 19.2. The van der Waals surface area contributed by atoms with E-state index in [1.165, 1.54) is 0 Å². The number of ether oxygens (including phenoxy) is 1. The average Bonchev–Trinajstić information content (AvgIpc) is 2.36. The third kappa shape index (κ3) is 3.16. The fraction of sp³-hybridized carbons (Fsp3) is 0.538. The Morgan fingerprint density at radius 1 is 1.39 bits per heavy atom. The first-order chi connectivity index (χ1) is 8.60. The van der Waals surface area contributed by atoms with Crippen LogP contribution in [-0.2, 0) is 6.54 Å². The van der Waals surface area contributed by atoms with Gasteiger partial charge in [-0.05, 0) is 46.5 Å². The van der Waals surface area contributed by atoms with Crippen molar-refractivity contribution < 1.29 is 14.9 Å². The summed E-state index contributed by atoms with van der Waals surface area (Å²) in [4.78, 5) is 2.30. The number of benzene rings is 1. The van der Waals surface area contributed by atoms with Crippen molar-refractivity contribution in [2.24, 2.45) is 0 Å². The first-order valence-electron chi connectivity index (χ1n) is 6.06. The molecule has 1 aliphatic rings. The van der Waals surface area contributed by atoms with E-state index < -0.39 is 0 Å². The zero-order valence-corrected chi connectivity index (χ0v) is 12.0. The maximum Gasteiger partial charge on any atom is 0.172 e. The minimum Gasteiger partial charge on any atom is -0.503 e. The Kier molecular flexibility index (Phi) is 4.48. The second kappa shape index (κ2) is 5.91. The molecular weight excluding hydrogens is 298 g/mol. The molecule has 5 heteroatoms. The molecule has 18 heavy (non-hydrogen) atoms. The largest absolute Gasteiger partial charge is 0.503 e. The van der Waals surface area contributed by atoms with Crippen molar-refractivity contribution in [3.63, 3.8) is 0 Å². The number of halogens is 1. The summed E-state index contributed by atoms with van der Waals surface area (Å²) in [5.74, 6) is 0.617. The van der Waals surface area contributed by atoms with Crippen molar-refractivity contribution in [3.8, 4) is 11.5 Å². The molecule has 1 heterocycles. The molecule has 0 saturated carbocycles. The van der Waals surface area contributed by atoms with Crippen molar-refractivity contribution in [1.82, 2.24) is 4.90 Å². The number of methoxy groups -OCH3 is 1. The quantitative estimate of drug-likeness (QED) is 0.897. The Morgan fingerprint density at radius 2 is 2.06 bits per heavy atom. The Hall–Kier alpha value is -0.780. The van der Waals surface area contributed by atoms with E-state index in [1.807, 2.05) is 12.1 Å². The number of phenolic OH excluding ortho intramolecular Hbond substituents is 1. The van der Waals surface area contributed by atoms with Crippen molar-refractivity contribution in [1.29, 1.82) is 0 Å². The van der Waals surface area contributed by atoms with Gasteiger partial charge in [0, 0.05) is 19.6 Å². The summed E-state index contributed by atoms with van der Waals surface area (Å²) >= 11 is 3.32. The van der Waals surface area contributed by atoms with E-state index in [2.05, 4.69) is 20.8 Å². The lowest BCUT2D eigenvalue weighted by Gasteiger charge is -2.29. The smallest absolute Gasteiger partial charge is 0.172 e. The molecule has 0 aromatic heterocycles. The van der Waals surface area contributed by atoms with Crippen LogP contribution in [0.4, 0.5) is 0 Å². The predicted molar refractivity (Wildman–Crippen MR) is 72.9 cm³/mol. The van der Waals surface area contributed by atoms with Crippen LogP contribution in [0.25, 0.3) is 0 Å². The lowest BCUT2D eigenvalue weighted by atomic mass is 10.1. The van der Waals surface area contributed by atoms with Crippen molar-refractivity contribution in [3.05, 3.63) is 22.2 Å². The van der Waals surface area contributed by atoms with Crippen LogP contribution >= 0.6 is 15.9 Å².